The molecule has 0 radical (unpaired) electrons. The molecule has 1 amide bonds. The number of halogens is 1. The lowest BCUT2D eigenvalue weighted by atomic mass is 10.1. The van der Waals surface area contributed by atoms with Crippen molar-refractivity contribution in [3.05, 3.63) is 34.3 Å². The number of aryl methyl sites for hydroxylation is 1. The molecule has 2 nitrogen and oxygen atoms in total. The van der Waals surface area contributed by atoms with Crippen LogP contribution in [0.5, 0.6) is 0 Å². The van der Waals surface area contributed by atoms with Crippen LogP contribution in [0.25, 0.3) is 0 Å². The third kappa shape index (κ3) is 4.34. The first-order valence-electron chi connectivity index (χ1n) is 6.65. The minimum Gasteiger partial charge on any atom is -0.349 e. The molecule has 0 saturated carbocycles. The van der Waals surface area contributed by atoms with Gasteiger partial charge in [-0.25, -0.2) is 0 Å². The Morgan fingerprint density at radius 2 is 1.89 bits per heavy atom. The zero-order chi connectivity index (χ0) is 13.5. The molecule has 0 aliphatic carbocycles. The predicted molar refractivity (Wildman–Crippen MR) is 77.3 cm³/mol. The number of carbonyl (C=O) groups excluding carboxylic acids is 1. The van der Waals surface area contributed by atoms with Crippen molar-refractivity contribution in [1.82, 2.24) is 5.32 Å². The van der Waals surface area contributed by atoms with Crippen LogP contribution in [0.15, 0.2) is 18.2 Å². The van der Waals surface area contributed by atoms with Crippen LogP contribution in [0.4, 0.5) is 0 Å². The van der Waals surface area contributed by atoms with Crippen LogP contribution in [-0.4, -0.2) is 11.9 Å². The van der Waals surface area contributed by atoms with E-state index in [0.29, 0.717) is 10.6 Å². The molecule has 1 N–H and O–H groups in total. The highest BCUT2D eigenvalue weighted by molar-refractivity contribution is 6.31. The molecule has 0 fully saturated rings. The Morgan fingerprint density at radius 3 is 2.39 bits per heavy atom. The summed E-state index contributed by atoms with van der Waals surface area (Å²) >= 11 is 5.96. The number of carbonyl (C=O) groups is 1. The topological polar surface area (TPSA) is 29.1 Å². The standard InChI is InChI=1S/C15H22ClNO/c1-4-6-13(7-5-2)17-15(18)12-8-9-14(16)11(3)10-12/h8-10,13H,4-7H2,1-3H3,(H,17,18). The summed E-state index contributed by atoms with van der Waals surface area (Å²) in [5.74, 6) is 0.00154. The fraction of sp³-hybridized carbons (Fsp3) is 0.533. The molecular formula is C15H22ClNO. The van der Waals surface area contributed by atoms with Crippen molar-refractivity contribution in [2.24, 2.45) is 0 Å². The second kappa shape index (κ2) is 7.42. The Bertz CT molecular complexity index is 397. The summed E-state index contributed by atoms with van der Waals surface area (Å²) in [4.78, 5) is 12.1. The van der Waals surface area contributed by atoms with Crippen molar-refractivity contribution in [2.75, 3.05) is 0 Å². The molecular weight excluding hydrogens is 246 g/mol. The molecule has 3 heteroatoms. The van der Waals surface area contributed by atoms with Crippen molar-refractivity contribution in [3.8, 4) is 0 Å². The molecule has 0 aliphatic rings. The highest BCUT2D eigenvalue weighted by Gasteiger charge is 2.12. The van der Waals surface area contributed by atoms with E-state index in [1.54, 1.807) is 12.1 Å². The predicted octanol–water partition coefficient (Wildman–Crippen LogP) is 4.35. The summed E-state index contributed by atoms with van der Waals surface area (Å²) in [6.45, 7) is 6.19. The van der Waals surface area contributed by atoms with Crippen LogP contribution in [0.1, 0.15) is 55.5 Å². The molecule has 0 aromatic heterocycles. The second-order valence-corrected chi connectivity index (χ2v) is 5.12. The van der Waals surface area contributed by atoms with Gasteiger partial charge in [-0.1, -0.05) is 38.3 Å². The Kier molecular flexibility index (Phi) is 6.20. The molecule has 0 unspecified atom stereocenters. The Labute approximate surface area is 115 Å². The maximum atomic E-state index is 12.1. The van der Waals surface area contributed by atoms with Gasteiger partial charge in [0.05, 0.1) is 0 Å². The molecule has 1 aromatic carbocycles. The van der Waals surface area contributed by atoms with Gasteiger partial charge in [0.15, 0.2) is 0 Å². The minimum absolute atomic E-state index is 0.00154. The van der Waals surface area contributed by atoms with E-state index in [4.69, 9.17) is 11.6 Å². The van der Waals surface area contributed by atoms with E-state index in [-0.39, 0.29) is 11.9 Å². The third-order valence-electron chi connectivity index (χ3n) is 3.03. The summed E-state index contributed by atoms with van der Waals surface area (Å²) < 4.78 is 0. The monoisotopic (exact) mass is 267 g/mol. The van der Waals surface area contributed by atoms with Crippen LogP contribution in [0, 0.1) is 6.92 Å². The van der Waals surface area contributed by atoms with Gasteiger partial charge in [-0.3, -0.25) is 4.79 Å². The van der Waals surface area contributed by atoms with Crippen LogP contribution in [0.3, 0.4) is 0 Å². The fourth-order valence-electron chi connectivity index (χ4n) is 2.04. The van der Waals surface area contributed by atoms with Gasteiger partial charge >= 0.3 is 0 Å². The van der Waals surface area contributed by atoms with Crippen LogP contribution in [-0.2, 0) is 0 Å². The zero-order valence-electron chi connectivity index (χ0n) is 11.4. The number of rotatable bonds is 6. The lowest BCUT2D eigenvalue weighted by Gasteiger charge is -2.17. The fourth-order valence-corrected chi connectivity index (χ4v) is 2.16. The summed E-state index contributed by atoms with van der Waals surface area (Å²) in [6.07, 6.45) is 4.24. The van der Waals surface area contributed by atoms with E-state index in [2.05, 4.69) is 19.2 Å². The summed E-state index contributed by atoms with van der Waals surface area (Å²) in [7, 11) is 0. The Hall–Kier alpha value is -1.02. The van der Waals surface area contributed by atoms with Crippen molar-refractivity contribution in [2.45, 2.75) is 52.5 Å². The molecule has 0 saturated heterocycles. The summed E-state index contributed by atoms with van der Waals surface area (Å²) in [5.41, 5.74) is 1.63. The maximum Gasteiger partial charge on any atom is 0.251 e. The van der Waals surface area contributed by atoms with Gasteiger partial charge in [-0.15, -0.1) is 0 Å². The van der Waals surface area contributed by atoms with E-state index in [9.17, 15) is 4.79 Å². The minimum atomic E-state index is 0.00154. The second-order valence-electron chi connectivity index (χ2n) is 4.71. The average Bonchev–Trinajstić information content (AvgIpc) is 2.33. The smallest absolute Gasteiger partial charge is 0.251 e. The summed E-state index contributed by atoms with van der Waals surface area (Å²) in [6, 6.07) is 5.68. The van der Waals surface area contributed by atoms with Crippen LogP contribution >= 0.6 is 11.6 Å². The highest BCUT2D eigenvalue weighted by Crippen LogP contribution is 2.16. The first kappa shape index (κ1) is 15.0. The summed E-state index contributed by atoms with van der Waals surface area (Å²) in [5, 5.41) is 3.80. The van der Waals surface area contributed by atoms with Crippen molar-refractivity contribution in [1.29, 1.82) is 0 Å². The van der Waals surface area contributed by atoms with Gasteiger partial charge in [0.25, 0.3) is 5.91 Å². The van der Waals surface area contributed by atoms with E-state index < -0.39 is 0 Å². The van der Waals surface area contributed by atoms with Gasteiger partial charge in [0.2, 0.25) is 0 Å². The van der Waals surface area contributed by atoms with Crippen molar-refractivity contribution < 1.29 is 4.79 Å². The van der Waals surface area contributed by atoms with Gasteiger partial charge in [-0.05, 0) is 43.5 Å². The van der Waals surface area contributed by atoms with Crippen LogP contribution < -0.4 is 5.32 Å². The zero-order valence-corrected chi connectivity index (χ0v) is 12.2. The molecule has 0 atom stereocenters. The number of nitrogens with one attached hydrogen (secondary N) is 1. The molecule has 0 aliphatic heterocycles. The highest BCUT2D eigenvalue weighted by atomic mass is 35.5. The van der Waals surface area contributed by atoms with Gasteiger partial charge in [0.1, 0.15) is 0 Å². The maximum absolute atomic E-state index is 12.1. The molecule has 18 heavy (non-hydrogen) atoms. The first-order chi connectivity index (χ1) is 8.58. The normalized spacial score (nSPS) is 10.7. The Morgan fingerprint density at radius 1 is 1.28 bits per heavy atom. The third-order valence-corrected chi connectivity index (χ3v) is 3.45. The number of hydrogen-bond donors (Lipinski definition) is 1. The molecule has 100 valence electrons. The number of amides is 1. The van der Waals surface area contributed by atoms with E-state index in [1.807, 2.05) is 13.0 Å². The Balaban J connectivity index is 2.70. The molecule has 0 spiro atoms. The van der Waals surface area contributed by atoms with E-state index in [1.165, 1.54) is 0 Å². The van der Waals surface area contributed by atoms with Gasteiger partial charge in [-0.2, -0.15) is 0 Å². The van der Waals surface area contributed by atoms with Crippen molar-refractivity contribution in [3.63, 3.8) is 0 Å². The first-order valence-corrected chi connectivity index (χ1v) is 7.03. The SMILES string of the molecule is CCCC(CCC)NC(=O)c1ccc(Cl)c(C)c1. The van der Waals surface area contributed by atoms with Gasteiger partial charge in [0, 0.05) is 16.6 Å². The largest absolute Gasteiger partial charge is 0.349 e. The van der Waals surface area contributed by atoms with Crippen LogP contribution in [0.2, 0.25) is 5.02 Å². The average molecular weight is 268 g/mol. The van der Waals surface area contributed by atoms with Gasteiger partial charge < -0.3 is 5.32 Å². The van der Waals surface area contributed by atoms with E-state index in [0.717, 1.165) is 31.2 Å². The molecule has 0 bridgehead atoms. The van der Waals surface area contributed by atoms with E-state index >= 15 is 0 Å². The molecule has 1 rings (SSSR count). The lowest BCUT2D eigenvalue weighted by Crippen LogP contribution is -2.34. The van der Waals surface area contributed by atoms with Crippen molar-refractivity contribution >= 4 is 17.5 Å². The number of hydrogen-bond acceptors (Lipinski definition) is 1. The molecule has 1 aromatic rings. The molecule has 0 heterocycles. The number of benzene rings is 1. The quantitative estimate of drug-likeness (QED) is 0.816. The lowest BCUT2D eigenvalue weighted by molar-refractivity contribution is 0.0932.